The topological polar surface area (TPSA) is 74.3 Å². The molecule has 0 spiro atoms. The molecule has 8 heteroatoms. The summed E-state index contributed by atoms with van der Waals surface area (Å²) in [5, 5.41) is 7.18. The van der Waals surface area contributed by atoms with Crippen LogP contribution in [-0.2, 0) is 9.59 Å². The van der Waals surface area contributed by atoms with Crippen LogP contribution in [0.2, 0.25) is 10.0 Å². The Bertz CT molecular complexity index is 1020. The highest BCUT2D eigenvalue weighted by Crippen LogP contribution is 2.29. The summed E-state index contributed by atoms with van der Waals surface area (Å²) in [5.74, 6) is -0.518. The number of likely N-dealkylation sites (N-methyl/N-ethyl adjacent to an activating group) is 1. The molecule has 2 N–H and O–H groups in total. The lowest BCUT2D eigenvalue weighted by Crippen LogP contribution is -2.38. The first kappa shape index (κ1) is 21.0. The normalized spacial score (nSPS) is 10.9. The molecule has 0 radical (unpaired) electrons. The van der Waals surface area contributed by atoms with Crippen LogP contribution in [0.5, 0.6) is 0 Å². The second kappa shape index (κ2) is 9.69. The van der Waals surface area contributed by atoms with E-state index in [0.29, 0.717) is 28.0 Å². The van der Waals surface area contributed by atoms with E-state index in [-0.39, 0.29) is 24.9 Å². The van der Waals surface area contributed by atoms with Crippen LogP contribution in [0.4, 0.5) is 11.4 Å². The number of pyridine rings is 1. The largest absolute Gasteiger partial charge is 0.324 e. The number of nitrogens with zero attached hydrogens (tertiary/aromatic N) is 2. The van der Waals surface area contributed by atoms with Gasteiger partial charge in [0.1, 0.15) is 0 Å². The fourth-order valence-corrected chi connectivity index (χ4v) is 3.38. The monoisotopic (exact) mass is 430 g/mol. The van der Waals surface area contributed by atoms with Crippen LogP contribution in [0.3, 0.4) is 0 Å². The van der Waals surface area contributed by atoms with Gasteiger partial charge < -0.3 is 10.6 Å². The van der Waals surface area contributed by atoms with Crippen molar-refractivity contribution in [1.29, 1.82) is 0 Å². The first-order valence-electron chi connectivity index (χ1n) is 9.07. The van der Waals surface area contributed by atoms with Gasteiger partial charge in [-0.3, -0.25) is 19.5 Å². The molecule has 0 saturated heterocycles. The lowest BCUT2D eigenvalue weighted by molar-refractivity contribution is -0.119. The molecule has 0 fully saturated rings. The number of hydrogen-bond donors (Lipinski definition) is 2. The van der Waals surface area contributed by atoms with Crippen molar-refractivity contribution in [2.75, 3.05) is 30.3 Å². The van der Waals surface area contributed by atoms with Gasteiger partial charge in [-0.2, -0.15) is 0 Å². The Hall–Kier alpha value is -2.67. The number of halogens is 2. The fourth-order valence-electron chi connectivity index (χ4n) is 2.88. The summed E-state index contributed by atoms with van der Waals surface area (Å²) in [6.07, 6.45) is 1.70. The predicted molar refractivity (Wildman–Crippen MR) is 118 cm³/mol. The molecule has 0 aliphatic rings. The average Bonchev–Trinajstić information content (AvgIpc) is 2.70. The number of carbonyl (C=O) groups excluding carboxylic acids is 2. The molecule has 1 aromatic heterocycles. The lowest BCUT2D eigenvalue weighted by Gasteiger charge is -2.20. The van der Waals surface area contributed by atoms with Gasteiger partial charge in [-0.1, -0.05) is 42.3 Å². The number of rotatable bonds is 7. The van der Waals surface area contributed by atoms with Gasteiger partial charge in [0.05, 0.1) is 40.0 Å². The maximum absolute atomic E-state index is 12.5. The Morgan fingerprint density at radius 3 is 2.28 bits per heavy atom. The number of para-hydroxylation sites is 1. The first-order chi connectivity index (χ1) is 14.0. The van der Waals surface area contributed by atoms with E-state index < -0.39 is 0 Å². The van der Waals surface area contributed by atoms with Crippen LogP contribution in [0, 0.1) is 0 Å². The van der Waals surface area contributed by atoms with Gasteiger partial charge in [-0.05, 0) is 42.9 Å². The quantitative estimate of drug-likeness (QED) is 0.580. The van der Waals surface area contributed by atoms with E-state index in [1.165, 1.54) is 0 Å². The SMILES string of the molecule is CCN(CC(=O)Nc1c(Cl)cccc1Cl)CC(=O)Nc1cccc2ncccc12. The molecule has 0 saturated carbocycles. The van der Waals surface area contributed by atoms with Gasteiger partial charge in [0.2, 0.25) is 11.8 Å². The highest BCUT2D eigenvalue weighted by atomic mass is 35.5. The second-order valence-electron chi connectivity index (χ2n) is 6.37. The van der Waals surface area contributed by atoms with Crippen molar-refractivity contribution in [2.45, 2.75) is 6.92 Å². The molecule has 0 atom stereocenters. The van der Waals surface area contributed by atoms with E-state index in [1.807, 2.05) is 37.3 Å². The van der Waals surface area contributed by atoms with Crippen molar-refractivity contribution < 1.29 is 9.59 Å². The summed E-state index contributed by atoms with van der Waals surface area (Å²) >= 11 is 12.2. The third-order valence-corrected chi connectivity index (χ3v) is 4.96. The summed E-state index contributed by atoms with van der Waals surface area (Å²) in [7, 11) is 0. The van der Waals surface area contributed by atoms with E-state index in [1.54, 1.807) is 29.3 Å². The Balaban J connectivity index is 1.62. The van der Waals surface area contributed by atoms with Gasteiger partial charge in [0, 0.05) is 11.6 Å². The third kappa shape index (κ3) is 5.44. The minimum absolute atomic E-state index is 0.0303. The molecule has 0 aliphatic carbocycles. The van der Waals surface area contributed by atoms with Crippen LogP contribution in [0.15, 0.2) is 54.7 Å². The number of aromatic nitrogens is 1. The molecule has 29 heavy (non-hydrogen) atoms. The van der Waals surface area contributed by atoms with Crippen molar-refractivity contribution in [1.82, 2.24) is 9.88 Å². The highest BCUT2D eigenvalue weighted by molar-refractivity contribution is 6.39. The molecule has 3 rings (SSSR count). The maximum Gasteiger partial charge on any atom is 0.238 e. The summed E-state index contributed by atoms with van der Waals surface area (Å²) < 4.78 is 0. The average molecular weight is 431 g/mol. The fraction of sp³-hybridized carbons (Fsp3) is 0.190. The predicted octanol–water partition coefficient (Wildman–Crippen LogP) is 4.44. The molecule has 1 heterocycles. The van der Waals surface area contributed by atoms with Crippen LogP contribution < -0.4 is 10.6 Å². The van der Waals surface area contributed by atoms with Crippen molar-refractivity contribution in [3.05, 3.63) is 64.8 Å². The molecule has 0 bridgehead atoms. The van der Waals surface area contributed by atoms with Gasteiger partial charge >= 0.3 is 0 Å². The van der Waals surface area contributed by atoms with Crippen molar-refractivity contribution in [2.24, 2.45) is 0 Å². The van der Waals surface area contributed by atoms with E-state index in [4.69, 9.17) is 23.2 Å². The molecule has 2 aromatic carbocycles. The Labute approximate surface area is 178 Å². The maximum atomic E-state index is 12.5. The molecule has 6 nitrogen and oxygen atoms in total. The minimum atomic E-state index is -0.302. The molecule has 150 valence electrons. The van der Waals surface area contributed by atoms with Crippen molar-refractivity contribution in [3.63, 3.8) is 0 Å². The van der Waals surface area contributed by atoms with Crippen LogP contribution in [-0.4, -0.2) is 41.3 Å². The molecular weight excluding hydrogens is 411 g/mol. The number of hydrogen-bond acceptors (Lipinski definition) is 4. The Kier molecular flexibility index (Phi) is 7.04. The molecule has 0 unspecified atom stereocenters. The molecule has 3 aromatic rings. The van der Waals surface area contributed by atoms with Crippen molar-refractivity contribution in [3.8, 4) is 0 Å². The number of benzene rings is 2. The van der Waals surface area contributed by atoms with E-state index >= 15 is 0 Å². The van der Waals surface area contributed by atoms with E-state index in [0.717, 1.165) is 10.9 Å². The summed E-state index contributed by atoms with van der Waals surface area (Å²) in [4.78, 5) is 30.9. The molecule has 0 aliphatic heterocycles. The number of fused-ring (bicyclic) bond motifs is 1. The number of amides is 2. The van der Waals surface area contributed by atoms with Gasteiger partial charge in [-0.25, -0.2) is 0 Å². The smallest absolute Gasteiger partial charge is 0.238 e. The zero-order valence-corrected chi connectivity index (χ0v) is 17.3. The number of nitrogens with one attached hydrogen (secondary N) is 2. The van der Waals surface area contributed by atoms with Crippen LogP contribution >= 0.6 is 23.2 Å². The first-order valence-corrected chi connectivity index (χ1v) is 9.83. The summed E-state index contributed by atoms with van der Waals surface area (Å²) in [5.41, 5.74) is 1.85. The van der Waals surface area contributed by atoms with Crippen LogP contribution in [0.1, 0.15) is 6.92 Å². The zero-order chi connectivity index (χ0) is 20.8. The third-order valence-electron chi connectivity index (χ3n) is 4.33. The molecule has 2 amide bonds. The standard InChI is InChI=1S/C21H20Cl2N4O2/c1-2-27(13-20(29)26-21-15(22)7-3-8-16(21)23)12-19(28)25-18-10-4-9-17-14(18)6-5-11-24-17/h3-11H,2,12-13H2,1H3,(H,25,28)(H,26,29). The van der Waals surface area contributed by atoms with E-state index in [9.17, 15) is 9.59 Å². The lowest BCUT2D eigenvalue weighted by atomic mass is 10.2. The van der Waals surface area contributed by atoms with Crippen molar-refractivity contribution >= 4 is 57.3 Å². The summed E-state index contributed by atoms with van der Waals surface area (Å²) in [6, 6.07) is 14.3. The second-order valence-corrected chi connectivity index (χ2v) is 7.19. The molecular formula is C21H20Cl2N4O2. The van der Waals surface area contributed by atoms with Crippen LogP contribution in [0.25, 0.3) is 10.9 Å². The highest BCUT2D eigenvalue weighted by Gasteiger charge is 2.16. The Morgan fingerprint density at radius 1 is 0.931 bits per heavy atom. The number of carbonyl (C=O) groups is 2. The zero-order valence-electron chi connectivity index (χ0n) is 15.8. The van der Waals surface area contributed by atoms with Gasteiger partial charge in [0.25, 0.3) is 0 Å². The summed E-state index contributed by atoms with van der Waals surface area (Å²) in [6.45, 7) is 2.50. The van der Waals surface area contributed by atoms with E-state index in [2.05, 4.69) is 15.6 Å². The number of anilines is 2. The Morgan fingerprint density at radius 2 is 1.59 bits per heavy atom. The van der Waals surface area contributed by atoms with Gasteiger partial charge in [0.15, 0.2) is 0 Å². The minimum Gasteiger partial charge on any atom is -0.324 e. The van der Waals surface area contributed by atoms with Gasteiger partial charge in [-0.15, -0.1) is 0 Å².